The van der Waals surface area contributed by atoms with Crippen molar-refractivity contribution in [1.29, 1.82) is 0 Å². The van der Waals surface area contributed by atoms with Gasteiger partial charge in [0.25, 0.3) is 0 Å². The summed E-state index contributed by atoms with van der Waals surface area (Å²) < 4.78 is 5.00. The van der Waals surface area contributed by atoms with Crippen molar-refractivity contribution in [3.05, 3.63) is 0 Å². The molecule has 104 valence electrons. The Morgan fingerprint density at radius 3 is 2.78 bits per heavy atom. The van der Waals surface area contributed by atoms with Crippen LogP contribution in [0.15, 0.2) is 0 Å². The first-order chi connectivity index (χ1) is 8.67. The molecule has 0 aromatic carbocycles. The molecule has 0 saturated carbocycles. The first kappa shape index (κ1) is 13.8. The van der Waals surface area contributed by atoms with E-state index in [9.17, 15) is 4.79 Å². The number of carbonyl (C=O) groups excluding carboxylic acids is 1. The molecule has 3 atom stereocenters. The van der Waals surface area contributed by atoms with Crippen LogP contribution in [-0.2, 0) is 9.53 Å². The fraction of sp³-hybridized carbons (Fsp3) is 0.923. The maximum Gasteiger partial charge on any atom is 0.242 e. The summed E-state index contributed by atoms with van der Waals surface area (Å²) in [6, 6.07) is 0.237. The van der Waals surface area contributed by atoms with Gasteiger partial charge in [0.2, 0.25) is 5.91 Å². The lowest BCUT2D eigenvalue weighted by Crippen LogP contribution is -2.51. The molecule has 2 N–H and O–H groups in total. The highest BCUT2D eigenvalue weighted by Crippen LogP contribution is 2.30. The Bertz CT molecular complexity index is 298. The van der Waals surface area contributed by atoms with Gasteiger partial charge in [0.15, 0.2) is 0 Å². The van der Waals surface area contributed by atoms with Crippen LogP contribution in [0.25, 0.3) is 0 Å². The molecule has 3 unspecified atom stereocenters. The minimum Gasteiger partial charge on any atom is -0.383 e. The van der Waals surface area contributed by atoms with Gasteiger partial charge in [-0.05, 0) is 25.8 Å². The molecule has 0 radical (unpaired) electrons. The van der Waals surface area contributed by atoms with Crippen LogP contribution < -0.4 is 5.73 Å². The van der Waals surface area contributed by atoms with Gasteiger partial charge < -0.3 is 20.3 Å². The van der Waals surface area contributed by atoms with E-state index in [1.807, 2.05) is 0 Å². The molecule has 2 fully saturated rings. The maximum absolute atomic E-state index is 12.4. The number of carbonyl (C=O) groups is 1. The summed E-state index contributed by atoms with van der Waals surface area (Å²) in [5.74, 6) is 0.0716. The monoisotopic (exact) mass is 255 g/mol. The highest BCUT2D eigenvalue weighted by atomic mass is 16.5. The van der Waals surface area contributed by atoms with Gasteiger partial charge in [-0.15, -0.1) is 0 Å². The molecule has 0 aromatic rings. The third-order valence-electron chi connectivity index (χ3n) is 4.23. The van der Waals surface area contributed by atoms with E-state index in [1.54, 1.807) is 7.11 Å². The second-order valence-corrected chi connectivity index (χ2v) is 5.37. The van der Waals surface area contributed by atoms with Crippen molar-refractivity contribution >= 4 is 5.91 Å². The molecule has 2 bridgehead atoms. The van der Waals surface area contributed by atoms with Gasteiger partial charge in [-0.2, -0.15) is 0 Å². The summed E-state index contributed by atoms with van der Waals surface area (Å²) in [6.45, 7) is 5.66. The summed E-state index contributed by atoms with van der Waals surface area (Å²) in [5, 5.41) is 0. The van der Waals surface area contributed by atoms with Crippen molar-refractivity contribution in [2.75, 3.05) is 33.4 Å². The number of hydrogen-bond acceptors (Lipinski definition) is 4. The molecule has 0 spiro atoms. The van der Waals surface area contributed by atoms with E-state index in [0.717, 1.165) is 38.9 Å². The average molecular weight is 255 g/mol. The van der Waals surface area contributed by atoms with Gasteiger partial charge in [0.05, 0.1) is 6.61 Å². The number of hydrogen-bond donors (Lipinski definition) is 1. The lowest BCUT2D eigenvalue weighted by molar-refractivity contribution is -0.136. The van der Waals surface area contributed by atoms with E-state index in [0.29, 0.717) is 18.7 Å². The molecule has 2 heterocycles. The van der Waals surface area contributed by atoms with Crippen molar-refractivity contribution in [3.63, 3.8) is 0 Å². The zero-order valence-corrected chi connectivity index (χ0v) is 11.5. The van der Waals surface area contributed by atoms with E-state index in [-0.39, 0.29) is 5.91 Å². The number of nitrogens with zero attached hydrogens (tertiary/aromatic N) is 2. The Kier molecular flexibility index (Phi) is 4.59. The van der Waals surface area contributed by atoms with Crippen LogP contribution in [0, 0.1) is 0 Å². The van der Waals surface area contributed by atoms with Crippen molar-refractivity contribution < 1.29 is 9.53 Å². The lowest BCUT2D eigenvalue weighted by atomic mass is 10.1. The van der Waals surface area contributed by atoms with Crippen LogP contribution in [0.4, 0.5) is 0 Å². The third-order valence-corrected chi connectivity index (χ3v) is 4.23. The number of rotatable bonds is 4. The summed E-state index contributed by atoms with van der Waals surface area (Å²) in [7, 11) is 1.59. The lowest BCUT2D eigenvalue weighted by Gasteiger charge is -2.30. The average Bonchev–Trinajstić information content (AvgIpc) is 2.64. The number of amides is 1. The second kappa shape index (κ2) is 5.99. The molecule has 2 aliphatic heterocycles. The molecule has 1 amide bonds. The number of methoxy groups -OCH3 is 1. The van der Waals surface area contributed by atoms with Gasteiger partial charge >= 0.3 is 0 Å². The molecule has 18 heavy (non-hydrogen) atoms. The quantitative estimate of drug-likeness (QED) is 0.771. The second-order valence-electron chi connectivity index (χ2n) is 5.37. The van der Waals surface area contributed by atoms with Crippen LogP contribution in [0.2, 0.25) is 0 Å². The fourth-order valence-corrected chi connectivity index (χ4v) is 3.23. The number of fused-ring (bicyclic) bond motifs is 2. The van der Waals surface area contributed by atoms with E-state index >= 15 is 0 Å². The molecular formula is C13H25N3O2. The van der Waals surface area contributed by atoms with E-state index in [4.69, 9.17) is 10.5 Å². The Morgan fingerprint density at radius 1 is 1.39 bits per heavy atom. The molecule has 5 nitrogen and oxygen atoms in total. The highest BCUT2D eigenvalue weighted by Gasteiger charge is 2.41. The Morgan fingerprint density at radius 2 is 2.11 bits per heavy atom. The smallest absolute Gasteiger partial charge is 0.242 e. The maximum atomic E-state index is 12.4. The van der Waals surface area contributed by atoms with Gasteiger partial charge in [0.1, 0.15) is 6.04 Å². The molecule has 5 heteroatoms. The minimum atomic E-state index is -0.508. The predicted molar refractivity (Wildman–Crippen MR) is 70.2 cm³/mol. The van der Waals surface area contributed by atoms with Gasteiger partial charge in [0, 0.05) is 32.3 Å². The summed E-state index contributed by atoms with van der Waals surface area (Å²) in [6.07, 6.45) is 3.33. The zero-order chi connectivity index (χ0) is 13.1. The van der Waals surface area contributed by atoms with Crippen molar-refractivity contribution in [1.82, 2.24) is 9.80 Å². The molecule has 2 aliphatic rings. The van der Waals surface area contributed by atoms with Crippen LogP contribution >= 0.6 is 0 Å². The SMILES string of the molecule is CCN1CCC2CCC(C1)N2C(=O)C(N)COC. The highest BCUT2D eigenvalue weighted by molar-refractivity contribution is 5.82. The summed E-state index contributed by atoms with van der Waals surface area (Å²) in [4.78, 5) is 16.9. The van der Waals surface area contributed by atoms with Crippen molar-refractivity contribution in [2.24, 2.45) is 5.73 Å². The normalized spacial score (nSPS) is 30.3. The molecule has 0 aromatic heterocycles. The van der Waals surface area contributed by atoms with E-state index in [2.05, 4.69) is 16.7 Å². The van der Waals surface area contributed by atoms with Crippen LogP contribution in [0.3, 0.4) is 0 Å². The number of ether oxygens (including phenoxy) is 1. The third kappa shape index (κ3) is 2.68. The molecular weight excluding hydrogens is 230 g/mol. The minimum absolute atomic E-state index is 0.0716. The molecule has 2 rings (SSSR count). The number of likely N-dealkylation sites (tertiary alicyclic amines) is 1. The predicted octanol–water partition coefficient (Wildman–Crippen LogP) is 0.0453. The van der Waals surface area contributed by atoms with Crippen molar-refractivity contribution in [3.8, 4) is 0 Å². The zero-order valence-electron chi connectivity index (χ0n) is 11.5. The topological polar surface area (TPSA) is 58.8 Å². The first-order valence-electron chi connectivity index (χ1n) is 6.96. The fourth-order valence-electron chi connectivity index (χ4n) is 3.23. The van der Waals surface area contributed by atoms with Crippen LogP contribution in [0.1, 0.15) is 26.2 Å². The Balaban J connectivity index is 2.05. The van der Waals surface area contributed by atoms with Crippen molar-refractivity contribution in [2.45, 2.75) is 44.3 Å². The van der Waals surface area contributed by atoms with Gasteiger partial charge in [-0.3, -0.25) is 4.79 Å². The number of nitrogens with two attached hydrogens (primary N) is 1. The van der Waals surface area contributed by atoms with Crippen LogP contribution in [0.5, 0.6) is 0 Å². The largest absolute Gasteiger partial charge is 0.383 e. The first-order valence-corrected chi connectivity index (χ1v) is 6.96. The molecule has 0 aliphatic carbocycles. The van der Waals surface area contributed by atoms with Gasteiger partial charge in [-0.25, -0.2) is 0 Å². The summed E-state index contributed by atoms with van der Waals surface area (Å²) in [5.41, 5.74) is 5.90. The molecule has 2 saturated heterocycles. The summed E-state index contributed by atoms with van der Waals surface area (Å²) >= 11 is 0. The number of likely N-dealkylation sites (N-methyl/N-ethyl adjacent to an activating group) is 1. The standard InChI is InChI=1S/C13H25N3O2/c1-3-15-7-6-10-4-5-11(8-15)16(10)13(17)12(14)9-18-2/h10-12H,3-9,14H2,1-2H3. The Labute approximate surface area is 109 Å². The van der Waals surface area contributed by atoms with E-state index < -0.39 is 6.04 Å². The van der Waals surface area contributed by atoms with Gasteiger partial charge in [-0.1, -0.05) is 6.92 Å². The van der Waals surface area contributed by atoms with Crippen LogP contribution in [-0.4, -0.2) is 67.2 Å². The van der Waals surface area contributed by atoms with E-state index in [1.165, 1.54) is 0 Å². The Hall–Kier alpha value is -0.650.